The summed E-state index contributed by atoms with van der Waals surface area (Å²) in [6.07, 6.45) is 2.06. The summed E-state index contributed by atoms with van der Waals surface area (Å²) in [6, 6.07) is 3.89. The highest BCUT2D eigenvalue weighted by Gasteiger charge is 2.23. The van der Waals surface area contributed by atoms with Crippen LogP contribution < -0.4 is 4.90 Å². The predicted molar refractivity (Wildman–Crippen MR) is 70.6 cm³/mol. The van der Waals surface area contributed by atoms with Crippen molar-refractivity contribution in [3.63, 3.8) is 0 Å². The minimum atomic E-state index is -0.667. The Morgan fingerprint density at radius 1 is 1.35 bits per heavy atom. The van der Waals surface area contributed by atoms with Crippen molar-refractivity contribution in [2.75, 3.05) is 18.6 Å². The molecule has 7 heteroatoms. The van der Waals surface area contributed by atoms with E-state index in [-0.39, 0.29) is 17.2 Å². The number of nitrogens with zero attached hydrogens (tertiary/aromatic N) is 2. The molecule has 0 bridgehead atoms. The molecule has 1 aromatic rings. The van der Waals surface area contributed by atoms with Crippen molar-refractivity contribution in [3.8, 4) is 0 Å². The average molecular weight is 278 g/mol. The fraction of sp³-hybridized carbons (Fsp3) is 0.385. The first-order chi connectivity index (χ1) is 9.52. The summed E-state index contributed by atoms with van der Waals surface area (Å²) in [5.74, 6) is -0.757. The Bertz CT molecular complexity index is 570. The van der Waals surface area contributed by atoms with Crippen molar-refractivity contribution in [1.82, 2.24) is 0 Å². The number of anilines is 1. The Hall–Kier alpha value is -2.44. The molecule has 20 heavy (non-hydrogen) atoms. The van der Waals surface area contributed by atoms with Gasteiger partial charge in [0.25, 0.3) is 5.69 Å². The number of esters is 1. The van der Waals surface area contributed by atoms with Gasteiger partial charge in [0, 0.05) is 25.1 Å². The van der Waals surface area contributed by atoms with Crippen LogP contribution in [0.5, 0.6) is 0 Å². The number of ether oxygens (including phenoxy) is 1. The monoisotopic (exact) mass is 278 g/mol. The molecule has 0 aliphatic carbocycles. The number of nitro groups is 1. The maximum atomic E-state index is 11.9. The minimum Gasteiger partial charge on any atom is -0.465 e. The summed E-state index contributed by atoms with van der Waals surface area (Å²) in [6.45, 7) is 0.501. The Morgan fingerprint density at radius 3 is 2.70 bits per heavy atom. The molecule has 1 aromatic carbocycles. The van der Waals surface area contributed by atoms with Crippen LogP contribution in [0.1, 0.15) is 29.6 Å². The van der Waals surface area contributed by atoms with Crippen LogP contribution in [0, 0.1) is 10.1 Å². The Labute approximate surface area is 115 Å². The smallest absolute Gasteiger partial charge is 0.338 e. The van der Waals surface area contributed by atoms with Crippen molar-refractivity contribution in [2.24, 2.45) is 0 Å². The van der Waals surface area contributed by atoms with Crippen LogP contribution in [-0.4, -0.2) is 30.5 Å². The standard InChI is InChI=1S/C13H14N2O5/c1-20-13(17)9-6-10(8-11(7-9)15(18)19)14-5-3-2-4-12(14)16/h6-8H,2-5H2,1H3. The van der Waals surface area contributed by atoms with Gasteiger partial charge in [0.05, 0.1) is 23.3 Å². The van der Waals surface area contributed by atoms with Crippen LogP contribution in [0.4, 0.5) is 11.4 Å². The largest absolute Gasteiger partial charge is 0.465 e. The summed E-state index contributed by atoms with van der Waals surface area (Å²) in [5.41, 5.74) is 0.195. The SMILES string of the molecule is COC(=O)c1cc(N2CCCCC2=O)cc([N+](=O)[O-])c1. The molecule has 0 N–H and O–H groups in total. The number of methoxy groups -OCH3 is 1. The maximum absolute atomic E-state index is 11.9. The third-order valence-electron chi connectivity index (χ3n) is 3.17. The zero-order valence-corrected chi connectivity index (χ0v) is 11.0. The van der Waals surface area contributed by atoms with Crippen molar-refractivity contribution in [1.29, 1.82) is 0 Å². The molecule has 1 saturated heterocycles. The van der Waals surface area contributed by atoms with Gasteiger partial charge in [0.2, 0.25) is 5.91 Å². The Morgan fingerprint density at radius 2 is 2.10 bits per heavy atom. The van der Waals surface area contributed by atoms with Crippen LogP contribution >= 0.6 is 0 Å². The number of piperidine rings is 1. The molecular formula is C13H14N2O5. The third-order valence-corrected chi connectivity index (χ3v) is 3.17. The second-order valence-corrected chi connectivity index (χ2v) is 4.49. The Balaban J connectivity index is 2.45. The topological polar surface area (TPSA) is 89.8 Å². The molecule has 0 saturated carbocycles. The molecule has 1 amide bonds. The lowest BCUT2D eigenvalue weighted by molar-refractivity contribution is -0.384. The summed E-state index contributed by atoms with van der Waals surface area (Å²) >= 11 is 0. The number of hydrogen-bond acceptors (Lipinski definition) is 5. The second kappa shape index (κ2) is 5.68. The zero-order chi connectivity index (χ0) is 14.7. The van der Waals surface area contributed by atoms with Crippen molar-refractivity contribution in [2.45, 2.75) is 19.3 Å². The first kappa shape index (κ1) is 14.0. The second-order valence-electron chi connectivity index (χ2n) is 4.49. The molecule has 106 valence electrons. The molecule has 1 aliphatic rings. The molecule has 2 rings (SSSR count). The quantitative estimate of drug-likeness (QED) is 0.478. The van der Waals surface area contributed by atoms with E-state index in [4.69, 9.17) is 0 Å². The van der Waals surface area contributed by atoms with Gasteiger partial charge in [-0.3, -0.25) is 14.9 Å². The first-order valence-electron chi connectivity index (χ1n) is 6.21. The molecule has 1 aliphatic heterocycles. The molecule has 0 spiro atoms. The molecule has 1 fully saturated rings. The summed E-state index contributed by atoms with van der Waals surface area (Å²) in [5, 5.41) is 10.9. The number of non-ortho nitro benzene ring substituents is 1. The van der Waals surface area contributed by atoms with Crippen LogP contribution in [0.25, 0.3) is 0 Å². The highest BCUT2D eigenvalue weighted by molar-refractivity contribution is 5.97. The van der Waals surface area contributed by atoms with E-state index >= 15 is 0 Å². The van der Waals surface area contributed by atoms with Gasteiger partial charge in [-0.15, -0.1) is 0 Å². The lowest BCUT2D eigenvalue weighted by Crippen LogP contribution is -2.35. The van der Waals surface area contributed by atoms with Gasteiger partial charge in [-0.05, 0) is 18.9 Å². The molecule has 1 heterocycles. The normalized spacial score (nSPS) is 15.1. The van der Waals surface area contributed by atoms with Crippen LogP contribution in [-0.2, 0) is 9.53 Å². The van der Waals surface area contributed by atoms with Crippen molar-refractivity contribution >= 4 is 23.3 Å². The number of carbonyl (C=O) groups excluding carboxylic acids is 2. The van der Waals surface area contributed by atoms with Crippen LogP contribution in [0.3, 0.4) is 0 Å². The van der Waals surface area contributed by atoms with Crippen molar-refractivity contribution in [3.05, 3.63) is 33.9 Å². The molecule has 0 radical (unpaired) electrons. The van der Waals surface area contributed by atoms with E-state index in [1.165, 1.54) is 24.1 Å². The molecule has 0 atom stereocenters. The zero-order valence-electron chi connectivity index (χ0n) is 11.0. The van der Waals surface area contributed by atoms with E-state index in [0.29, 0.717) is 18.7 Å². The molecule has 7 nitrogen and oxygen atoms in total. The van der Waals surface area contributed by atoms with E-state index in [1.54, 1.807) is 0 Å². The number of hydrogen-bond donors (Lipinski definition) is 0. The first-order valence-corrected chi connectivity index (χ1v) is 6.21. The number of benzene rings is 1. The van der Waals surface area contributed by atoms with E-state index in [9.17, 15) is 19.7 Å². The van der Waals surface area contributed by atoms with Crippen molar-refractivity contribution < 1.29 is 19.2 Å². The molecule has 0 unspecified atom stereocenters. The number of carbonyl (C=O) groups is 2. The van der Waals surface area contributed by atoms with Gasteiger partial charge in [-0.25, -0.2) is 4.79 Å². The fourth-order valence-electron chi connectivity index (χ4n) is 2.17. The number of nitro benzene ring substituents is 1. The minimum absolute atomic E-state index is 0.0649. The van der Waals surface area contributed by atoms with Gasteiger partial charge in [-0.2, -0.15) is 0 Å². The third kappa shape index (κ3) is 2.76. The van der Waals surface area contributed by atoms with Gasteiger partial charge in [-0.1, -0.05) is 0 Å². The Kier molecular flexibility index (Phi) is 3.97. The molecule has 0 aromatic heterocycles. The highest BCUT2D eigenvalue weighted by Crippen LogP contribution is 2.27. The van der Waals surface area contributed by atoms with Gasteiger partial charge < -0.3 is 9.64 Å². The summed E-state index contributed by atoms with van der Waals surface area (Å²) in [4.78, 5) is 35.2. The molecular weight excluding hydrogens is 264 g/mol. The van der Waals surface area contributed by atoms with Gasteiger partial charge in [0.1, 0.15) is 0 Å². The van der Waals surface area contributed by atoms with Gasteiger partial charge in [0.15, 0.2) is 0 Å². The number of amides is 1. The van der Waals surface area contributed by atoms with E-state index in [1.807, 2.05) is 0 Å². The van der Waals surface area contributed by atoms with Gasteiger partial charge >= 0.3 is 5.97 Å². The lowest BCUT2D eigenvalue weighted by Gasteiger charge is -2.26. The van der Waals surface area contributed by atoms with E-state index in [2.05, 4.69) is 4.74 Å². The van der Waals surface area contributed by atoms with E-state index in [0.717, 1.165) is 18.9 Å². The highest BCUT2D eigenvalue weighted by atomic mass is 16.6. The lowest BCUT2D eigenvalue weighted by atomic mass is 10.1. The predicted octanol–water partition coefficient (Wildman–Crippen LogP) is 1.90. The average Bonchev–Trinajstić information content (AvgIpc) is 2.46. The van der Waals surface area contributed by atoms with Crippen LogP contribution in [0.15, 0.2) is 18.2 Å². The number of rotatable bonds is 3. The van der Waals surface area contributed by atoms with Crippen LogP contribution in [0.2, 0.25) is 0 Å². The fourth-order valence-corrected chi connectivity index (χ4v) is 2.17. The van der Waals surface area contributed by atoms with E-state index < -0.39 is 10.9 Å². The maximum Gasteiger partial charge on any atom is 0.338 e. The summed E-state index contributed by atoms with van der Waals surface area (Å²) < 4.78 is 4.58. The summed E-state index contributed by atoms with van der Waals surface area (Å²) in [7, 11) is 1.20.